The van der Waals surface area contributed by atoms with E-state index in [1.165, 1.54) is 23.5 Å². The van der Waals surface area contributed by atoms with Crippen LogP contribution >= 0.6 is 22.9 Å². The van der Waals surface area contributed by atoms with Crippen molar-refractivity contribution >= 4 is 33.0 Å². The summed E-state index contributed by atoms with van der Waals surface area (Å²) < 4.78 is 26.7. The Labute approximate surface area is 132 Å². The van der Waals surface area contributed by atoms with Gasteiger partial charge in [-0.25, -0.2) is 13.1 Å². The lowest BCUT2D eigenvalue weighted by atomic mass is 10.3. The molecule has 110 valence electrons. The first-order chi connectivity index (χ1) is 10.0. The van der Waals surface area contributed by atoms with Crippen LogP contribution in [0.3, 0.4) is 0 Å². The minimum absolute atomic E-state index is 0.131. The summed E-state index contributed by atoms with van der Waals surface area (Å²) >= 11 is 7.20. The molecule has 0 amide bonds. The Kier molecular flexibility index (Phi) is 5.39. The molecule has 1 aromatic carbocycles. The van der Waals surface area contributed by atoms with Crippen LogP contribution in [0.4, 0.5) is 0 Å². The lowest BCUT2D eigenvalue weighted by Gasteiger charge is -2.05. The van der Waals surface area contributed by atoms with Crippen molar-refractivity contribution in [1.82, 2.24) is 4.72 Å². The molecule has 0 aliphatic rings. The van der Waals surface area contributed by atoms with Crippen LogP contribution < -0.4 is 4.72 Å². The van der Waals surface area contributed by atoms with Crippen molar-refractivity contribution in [2.75, 3.05) is 6.61 Å². The summed E-state index contributed by atoms with van der Waals surface area (Å²) in [5.74, 6) is 5.31. The molecule has 0 bridgehead atoms. The number of hydrogen-bond acceptors (Lipinski definition) is 4. The second kappa shape index (κ2) is 7.07. The van der Waals surface area contributed by atoms with Gasteiger partial charge in [-0.2, -0.15) is 0 Å². The van der Waals surface area contributed by atoms with Crippen molar-refractivity contribution in [3.05, 3.63) is 51.2 Å². The van der Waals surface area contributed by atoms with E-state index in [9.17, 15) is 8.42 Å². The normalized spacial score (nSPS) is 11.0. The predicted molar refractivity (Wildman–Crippen MR) is 83.8 cm³/mol. The van der Waals surface area contributed by atoms with E-state index in [0.717, 1.165) is 10.4 Å². The Bertz CT molecular complexity index is 788. The first-order valence-corrected chi connectivity index (χ1v) is 8.68. The Morgan fingerprint density at radius 1 is 1.33 bits per heavy atom. The average Bonchev–Trinajstić information content (AvgIpc) is 2.91. The molecule has 0 aliphatic carbocycles. The molecule has 0 fully saturated rings. The van der Waals surface area contributed by atoms with E-state index in [1.807, 2.05) is 5.38 Å². The second-order valence-corrected chi connectivity index (χ2v) is 7.24. The maximum atomic E-state index is 12.1. The van der Waals surface area contributed by atoms with Crippen molar-refractivity contribution in [3.63, 3.8) is 0 Å². The molecule has 0 radical (unpaired) electrons. The predicted octanol–water partition coefficient (Wildman–Crippen LogP) is 2.22. The van der Waals surface area contributed by atoms with Gasteiger partial charge in [0, 0.05) is 27.4 Å². The smallest absolute Gasteiger partial charge is 0.240 e. The van der Waals surface area contributed by atoms with E-state index in [4.69, 9.17) is 16.7 Å². The Morgan fingerprint density at radius 3 is 2.86 bits per heavy atom. The average molecular weight is 342 g/mol. The number of benzene rings is 1. The third-order valence-electron chi connectivity index (χ3n) is 2.51. The van der Waals surface area contributed by atoms with Gasteiger partial charge in [-0.3, -0.25) is 0 Å². The minimum Gasteiger partial charge on any atom is -0.384 e. The highest BCUT2D eigenvalue weighted by Crippen LogP contribution is 2.17. The maximum Gasteiger partial charge on any atom is 0.240 e. The summed E-state index contributed by atoms with van der Waals surface area (Å²) in [4.78, 5) is 0.967. The van der Waals surface area contributed by atoms with E-state index in [-0.39, 0.29) is 18.0 Å². The molecule has 2 N–H and O–H groups in total. The number of rotatable bonds is 4. The summed E-state index contributed by atoms with van der Waals surface area (Å²) in [6.45, 7) is -0.0209. The number of aliphatic hydroxyl groups is 1. The van der Waals surface area contributed by atoms with Gasteiger partial charge in [0.2, 0.25) is 10.0 Å². The zero-order chi connectivity index (χ0) is 15.3. The fraction of sp³-hybridized carbons (Fsp3) is 0.143. The number of aliphatic hydroxyl groups excluding tert-OH is 1. The topological polar surface area (TPSA) is 66.4 Å². The van der Waals surface area contributed by atoms with Crippen LogP contribution in [0.1, 0.15) is 10.4 Å². The lowest BCUT2D eigenvalue weighted by Crippen LogP contribution is -2.22. The molecule has 0 atom stereocenters. The molecule has 0 aliphatic heterocycles. The van der Waals surface area contributed by atoms with Gasteiger partial charge < -0.3 is 5.11 Å². The van der Waals surface area contributed by atoms with Crippen molar-refractivity contribution in [2.24, 2.45) is 0 Å². The van der Waals surface area contributed by atoms with Crippen LogP contribution in [0.25, 0.3) is 0 Å². The fourth-order valence-electron chi connectivity index (χ4n) is 1.56. The van der Waals surface area contributed by atoms with Crippen molar-refractivity contribution in [1.29, 1.82) is 0 Å². The van der Waals surface area contributed by atoms with Crippen molar-refractivity contribution in [3.8, 4) is 11.8 Å². The van der Waals surface area contributed by atoms with Crippen molar-refractivity contribution < 1.29 is 13.5 Å². The highest BCUT2D eigenvalue weighted by molar-refractivity contribution is 7.89. The van der Waals surface area contributed by atoms with Gasteiger partial charge >= 0.3 is 0 Å². The summed E-state index contributed by atoms with van der Waals surface area (Å²) in [5.41, 5.74) is 0.756. The number of thiophene rings is 1. The van der Waals surface area contributed by atoms with Gasteiger partial charge in [0.25, 0.3) is 0 Å². The van der Waals surface area contributed by atoms with Crippen LogP contribution in [0.15, 0.2) is 40.6 Å². The molecule has 0 saturated carbocycles. The van der Waals surface area contributed by atoms with Gasteiger partial charge in [-0.05, 0) is 24.3 Å². The van der Waals surface area contributed by atoms with E-state index in [2.05, 4.69) is 16.6 Å². The molecule has 0 saturated heterocycles. The monoisotopic (exact) mass is 341 g/mol. The third kappa shape index (κ3) is 4.56. The molecule has 1 heterocycles. The van der Waals surface area contributed by atoms with Crippen LogP contribution in [0, 0.1) is 11.8 Å². The van der Waals surface area contributed by atoms with Crippen molar-refractivity contribution in [2.45, 2.75) is 11.4 Å². The number of nitrogens with one attached hydrogen (secondary N) is 1. The highest BCUT2D eigenvalue weighted by atomic mass is 35.5. The third-order valence-corrected chi connectivity index (χ3v) is 5.08. The largest absolute Gasteiger partial charge is 0.384 e. The fourth-order valence-corrected chi connectivity index (χ4v) is 3.72. The molecule has 2 rings (SSSR count). The molecule has 0 unspecified atom stereocenters. The summed E-state index contributed by atoms with van der Waals surface area (Å²) in [7, 11) is -3.59. The van der Waals surface area contributed by atoms with Crippen LogP contribution in [0.5, 0.6) is 0 Å². The molecule has 1 aromatic heterocycles. The van der Waals surface area contributed by atoms with E-state index >= 15 is 0 Å². The molecule has 0 spiro atoms. The Hall–Kier alpha value is -1.36. The van der Waals surface area contributed by atoms with E-state index in [1.54, 1.807) is 18.2 Å². The zero-order valence-corrected chi connectivity index (χ0v) is 13.2. The molecule has 2 aromatic rings. The SMILES string of the molecule is O=S(=O)(NCc1cc(C#CCO)cs1)c1cccc(Cl)c1. The van der Waals surface area contributed by atoms with Crippen LogP contribution in [-0.4, -0.2) is 20.1 Å². The summed E-state index contributed by atoms with van der Waals surface area (Å²) in [5, 5.41) is 10.8. The Morgan fingerprint density at radius 2 is 2.14 bits per heavy atom. The molecule has 7 heteroatoms. The minimum atomic E-state index is -3.59. The number of sulfonamides is 1. The van der Waals surface area contributed by atoms with Gasteiger partial charge in [0.1, 0.15) is 6.61 Å². The Balaban J connectivity index is 2.07. The quantitative estimate of drug-likeness (QED) is 0.838. The van der Waals surface area contributed by atoms with Crippen LogP contribution in [-0.2, 0) is 16.6 Å². The van der Waals surface area contributed by atoms with Gasteiger partial charge in [-0.1, -0.05) is 29.5 Å². The molecule has 21 heavy (non-hydrogen) atoms. The molecular formula is C14H12ClNO3S2. The lowest BCUT2D eigenvalue weighted by molar-refractivity contribution is 0.350. The van der Waals surface area contributed by atoms with Gasteiger partial charge in [0.15, 0.2) is 0 Å². The number of hydrogen-bond donors (Lipinski definition) is 2. The van der Waals surface area contributed by atoms with E-state index in [0.29, 0.717) is 5.02 Å². The standard InChI is InChI=1S/C14H12ClNO3S2/c15-12-4-1-5-14(8-12)21(18,19)16-9-13-7-11(10-20-13)3-2-6-17/h1,4-5,7-8,10,16-17H,6,9H2. The summed E-state index contributed by atoms with van der Waals surface area (Å²) in [6, 6.07) is 7.88. The maximum absolute atomic E-state index is 12.1. The molecular weight excluding hydrogens is 330 g/mol. The zero-order valence-electron chi connectivity index (χ0n) is 10.8. The van der Waals surface area contributed by atoms with Gasteiger partial charge in [0.05, 0.1) is 4.90 Å². The molecule has 4 nitrogen and oxygen atoms in total. The second-order valence-electron chi connectivity index (χ2n) is 4.04. The number of halogens is 1. The van der Waals surface area contributed by atoms with Gasteiger partial charge in [-0.15, -0.1) is 11.3 Å². The van der Waals surface area contributed by atoms with Crippen LogP contribution in [0.2, 0.25) is 5.02 Å². The first kappa shape index (κ1) is 16.0. The van der Waals surface area contributed by atoms with E-state index < -0.39 is 10.0 Å². The summed E-state index contributed by atoms with van der Waals surface area (Å²) in [6.07, 6.45) is 0. The first-order valence-electron chi connectivity index (χ1n) is 5.93. The highest BCUT2D eigenvalue weighted by Gasteiger charge is 2.14.